The maximum Gasteiger partial charge on any atom is 0.263 e. The van der Waals surface area contributed by atoms with Crippen LogP contribution in [0.4, 0.5) is 11.6 Å². The average Bonchev–Trinajstić information content (AvgIpc) is 2.56. The minimum Gasteiger partial charge on any atom is -0.484 e. The number of anilines is 2. The number of methoxy groups -OCH3 is 1. The first-order chi connectivity index (χ1) is 10.8. The van der Waals surface area contributed by atoms with E-state index in [2.05, 4.69) is 20.8 Å². The second kappa shape index (κ2) is 8.58. The fourth-order valence-electron chi connectivity index (χ4n) is 1.62. The number of carbonyl (C=O) groups excluding carboxylic acids is 1. The molecule has 22 heavy (non-hydrogen) atoms. The van der Waals surface area contributed by atoms with Crippen molar-refractivity contribution in [3.8, 4) is 5.75 Å². The van der Waals surface area contributed by atoms with E-state index < -0.39 is 0 Å². The van der Waals surface area contributed by atoms with E-state index in [4.69, 9.17) is 9.47 Å². The van der Waals surface area contributed by atoms with Crippen molar-refractivity contribution in [3.05, 3.63) is 42.5 Å². The first-order valence-corrected chi connectivity index (χ1v) is 6.82. The Bertz CT molecular complexity index is 575. The van der Waals surface area contributed by atoms with Gasteiger partial charge in [0.15, 0.2) is 12.4 Å². The van der Waals surface area contributed by atoms with Crippen LogP contribution in [-0.2, 0) is 9.53 Å². The van der Waals surface area contributed by atoms with Crippen LogP contribution in [0.5, 0.6) is 5.75 Å². The molecular formula is C15H18N4O3. The van der Waals surface area contributed by atoms with E-state index in [9.17, 15) is 4.79 Å². The van der Waals surface area contributed by atoms with Crippen LogP contribution < -0.4 is 15.4 Å². The van der Waals surface area contributed by atoms with Gasteiger partial charge in [-0.25, -0.2) is 0 Å². The van der Waals surface area contributed by atoms with E-state index in [0.29, 0.717) is 30.5 Å². The first kappa shape index (κ1) is 15.7. The highest BCUT2D eigenvalue weighted by atomic mass is 16.5. The van der Waals surface area contributed by atoms with E-state index in [0.717, 1.165) is 0 Å². The molecule has 2 aromatic rings. The van der Waals surface area contributed by atoms with Gasteiger partial charge in [0.25, 0.3) is 5.91 Å². The molecule has 1 heterocycles. The van der Waals surface area contributed by atoms with Crippen molar-refractivity contribution < 1.29 is 14.3 Å². The minimum atomic E-state index is -0.293. The number of aromatic nitrogens is 2. The summed E-state index contributed by atoms with van der Waals surface area (Å²) in [7, 11) is 1.63. The molecule has 2 N–H and O–H groups in total. The lowest BCUT2D eigenvalue weighted by molar-refractivity contribution is -0.118. The lowest BCUT2D eigenvalue weighted by Gasteiger charge is -2.07. The van der Waals surface area contributed by atoms with E-state index in [1.54, 1.807) is 31.4 Å². The third-order valence-corrected chi connectivity index (χ3v) is 2.66. The second-order valence-corrected chi connectivity index (χ2v) is 4.37. The summed E-state index contributed by atoms with van der Waals surface area (Å²) in [5.74, 6) is 1.34. The zero-order valence-corrected chi connectivity index (χ0v) is 12.3. The smallest absolute Gasteiger partial charge is 0.263 e. The van der Waals surface area contributed by atoms with Crippen molar-refractivity contribution in [1.29, 1.82) is 0 Å². The summed E-state index contributed by atoms with van der Waals surface area (Å²) in [6.45, 7) is 1.14. The number of ether oxygens (including phenoxy) is 2. The summed E-state index contributed by atoms with van der Waals surface area (Å²) in [5.41, 5.74) is 0. The molecule has 0 saturated heterocycles. The molecule has 116 valence electrons. The molecule has 1 amide bonds. The third kappa shape index (κ3) is 5.37. The van der Waals surface area contributed by atoms with Crippen LogP contribution >= 0.6 is 0 Å². The number of hydrogen-bond donors (Lipinski definition) is 2. The molecule has 0 aliphatic carbocycles. The number of rotatable bonds is 8. The number of amides is 1. The minimum absolute atomic E-state index is 0.0838. The Labute approximate surface area is 128 Å². The lowest BCUT2D eigenvalue weighted by atomic mass is 10.3. The van der Waals surface area contributed by atoms with Crippen LogP contribution in [0.2, 0.25) is 0 Å². The van der Waals surface area contributed by atoms with Gasteiger partial charge < -0.3 is 20.1 Å². The summed E-state index contributed by atoms with van der Waals surface area (Å²) in [6, 6.07) is 12.5. The van der Waals surface area contributed by atoms with Gasteiger partial charge >= 0.3 is 0 Å². The quantitative estimate of drug-likeness (QED) is 0.720. The number of nitrogens with one attached hydrogen (secondary N) is 2. The summed E-state index contributed by atoms with van der Waals surface area (Å²) < 4.78 is 10.3. The Morgan fingerprint density at radius 2 is 1.82 bits per heavy atom. The Morgan fingerprint density at radius 3 is 2.50 bits per heavy atom. The molecular weight excluding hydrogens is 284 g/mol. The van der Waals surface area contributed by atoms with Gasteiger partial charge in [-0.3, -0.25) is 4.79 Å². The Kier molecular flexibility index (Phi) is 6.13. The van der Waals surface area contributed by atoms with Crippen molar-refractivity contribution in [3.63, 3.8) is 0 Å². The zero-order chi connectivity index (χ0) is 15.6. The van der Waals surface area contributed by atoms with Crippen LogP contribution in [0.1, 0.15) is 0 Å². The first-order valence-electron chi connectivity index (χ1n) is 6.82. The van der Waals surface area contributed by atoms with E-state index in [1.807, 2.05) is 18.2 Å². The Morgan fingerprint density at radius 1 is 1.09 bits per heavy atom. The van der Waals surface area contributed by atoms with Crippen molar-refractivity contribution in [2.45, 2.75) is 0 Å². The molecule has 1 aromatic carbocycles. The van der Waals surface area contributed by atoms with Gasteiger partial charge in [0, 0.05) is 13.7 Å². The highest BCUT2D eigenvalue weighted by molar-refractivity contribution is 5.90. The molecule has 0 saturated carbocycles. The molecule has 0 spiro atoms. The van der Waals surface area contributed by atoms with Crippen LogP contribution in [0.15, 0.2) is 42.5 Å². The predicted octanol–water partition coefficient (Wildman–Crippen LogP) is 1.55. The van der Waals surface area contributed by atoms with Gasteiger partial charge in [-0.15, -0.1) is 10.2 Å². The van der Waals surface area contributed by atoms with Gasteiger partial charge in [0.1, 0.15) is 11.6 Å². The zero-order valence-electron chi connectivity index (χ0n) is 12.3. The van der Waals surface area contributed by atoms with Crippen LogP contribution in [0.3, 0.4) is 0 Å². The SMILES string of the molecule is COCCNc1ccc(NC(=O)COc2ccccc2)nn1. The predicted molar refractivity (Wildman–Crippen MR) is 83.0 cm³/mol. The normalized spacial score (nSPS) is 10.0. The maximum absolute atomic E-state index is 11.7. The topological polar surface area (TPSA) is 85.4 Å². The highest BCUT2D eigenvalue weighted by Crippen LogP contribution is 2.09. The second-order valence-electron chi connectivity index (χ2n) is 4.37. The van der Waals surface area contributed by atoms with Gasteiger partial charge in [-0.2, -0.15) is 0 Å². The summed E-state index contributed by atoms with van der Waals surface area (Å²) in [5, 5.41) is 13.5. The van der Waals surface area contributed by atoms with Crippen molar-refractivity contribution in [1.82, 2.24) is 10.2 Å². The Balaban J connectivity index is 1.76. The summed E-state index contributed by atoms with van der Waals surface area (Å²) in [6.07, 6.45) is 0. The van der Waals surface area contributed by atoms with Crippen LogP contribution in [-0.4, -0.2) is 43.0 Å². The molecule has 0 aliphatic rings. The lowest BCUT2D eigenvalue weighted by Crippen LogP contribution is -2.21. The largest absolute Gasteiger partial charge is 0.484 e. The average molecular weight is 302 g/mol. The molecule has 0 bridgehead atoms. The number of benzene rings is 1. The molecule has 0 radical (unpaired) electrons. The standard InChI is InChI=1S/C15H18N4O3/c1-21-10-9-16-13-7-8-14(19-18-13)17-15(20)11-22-12-5-3-2-4-6-12/h2-8H,9-11H2,1H3,(H,16,18)(H,17,19,20). The van der Waals surface area contributed by atoms with Crippen molar-refractivity contribution in [2.24, 2.45) is 0 Å². The van der Waals surface area contributed by atoms with Gasteiger partial charge in [0.2, 0.25) is 0 Å². The molecule has 7 heteroatoms. The molecule has 0 fully saturated rings. The maximum atomic E-state index is 11.7. The number of hydrogen-bond acceptors (Lipinski definition) is 6. The van der Waals surface area contributed by atoms with E-state index in [1.165, 1.54) is 0 Å². The van der Waals surface area contributed by atoms with Crippen LogP contribution in [0.25, 0.3) is 0 Å². The molecule has 0 aliphatic heterocycles. The third-order valence-electron chi connectivity index (χ3n) is 2.66. The van der Waals surface area contributed by atoms with Crippen molar-refractivity contribution >= 4 is 17.5 Å². The number of para-hydroxylation sites is 1. The molecule has 2 rings (SSSR count). The monoisotopic (exact) mass is 302 g/mol. The van der Waals surface area contributed by atoms with Gasteiger partial charge in [-0.05, 0) is 24.3 Å². The fourth-order valence-corrected chi connectivity index (χ4v) is 1.62. The van der Waals surface area contributed by atoms with Crippen LogP contribution in [0, 0.1) is 0 Å². The molecule has 1 aromatic heterocycles. The van der Waals surface area contributed by atoms with Crippen molar-refractivity contribution in [2.75, 3.05) is 37.5 Å². The molecule has 0 unspecified atom stereocenters. The van der Waals surface area contributed by atoms with Gasteiger partial charge in [-0.1, -0.05) is 18.2 Å². The van der Waals surface area contributed by atoms with Gasteiger partial charge in [0.05, 0.1) is 6.61 Å². The van der Waals surface area contributed by atoms with E-state index in [-0.39, 0.29) is 12.5 Å². The molecule has 7 nitrogen and oxygen atoms in total. The number of carbonyl (C=O) groups is 1. The Hall–Kier alpha value is -2.67. The summed E-state index contributed by atoms with van der Waals surface area (Å²) in [4.78, 5) is 11.7. The fraction of sp³-hybridized carbons (Fsp3) is 0.267. The highest BCUT2D eigenvalue weighted by Gasteiger charge is 2.05. The number of nitrogens with zero attached hydrogens (tertiary/aromatic N) is 2. The van der Waals surface area contributed by atoms with E-state index >= 15 is 0 Å². The molecule has 0 atom stereocenters. The summed E-state index contributed by atoms with van der Waals surface area (Å²) >= 11 is 0.